The largest absolute Gasteiger partial charge is 0.259 e. The van der Waals surface area contributed by atoms with Crippen molar-refractivity contribution in [3.05, 3.63) is 36.2 Å². The molecule has 0 spiro atoms. The molecule has 0 fully saturated rings. The predicted molar refractivity (Wildman–Crippen MR) is 69.6 cm³/mol. The standard InChI is InChI=1S/C13H20N2/c1-6-9-13(15-11(4)5)12(8-3)14-10-7-2/h6,8-10H,1,7H2,2-5H3/b12-8-,13-9-,14-10?. The lowest BCUT2D eigenvalue weighted by atomic mass is 10.2. The van der Waals surface area contributed by atoms with E-state index in [1.54, 1.807) is 6.08 Å². The molecule has 0 rings (SSSR count). The van der Waals surface area contributed by atoms with E-state index in [1.807, 2.05) is 39.1 Å². The van der Waals surface area contributed by atoms with Crippen LogP contribution in [0.3, 0.4) is 0 Å². The van der Waals surface area contributed by atoms with Gasteiger partial charge in [-0.3, -0.25) is 9.98 Å². The average Bonchev–Trinajstić information content (AvgIpc) is 2.18. The Bertz CT molecular complexity index is 313. The minimum absolute atomic E-state index is 0.859. The third-order valence-electron chi connectivity index (χ3n) is 1.57. The van der Waals surface area contributed by atoms with E-state index in [2.05, 4.69) is 23.5 Å². The van der Waals surface area contributed by atoms with Crippen molar-refractivity contribution in [2.24, 2.45) is 9.98 Å². The van der Waals surface area contributed by atoms with Gasteiger partial charge in [0.15, 0.2) is 0 Å². The second-order valence-electron chi connectivity index (χ2n) is 3.24. The summed E-state index contributed by atoms with van der Waals surface area (Å²) < 4.78 is 0. The summed E-state index contributed by atoms with van der Waals surface area (Å²) in [6, 6.07) is 0. The molecule has 0 aliphatic heterocycles. The van der Waals surface area contributed by atoms with Gasteiger partial charge in [0.1, 0.15) is 0 Å². The lowest BCUT2D eigenvalue weighted by molar-refractivity contribution is 1.20. The maximum absolute atomic E-state index is 4.42. The van der Waals surface area contributed by atoms with Crippen molar-refractivity contribution in [2.75, 3.05) is 0 Å². The highest BCUT2D eigenvalue weighted by atomic mass is 14.8. The van der Waals surface area contributed by atoms with Gasteiger partial charge in [0.2, 0.25) is 0 Å². The highest BCUT2D eigenvalue weighted by Crippen LogP contribution is 2.13. The van der Waals surface area contributed by atoms with Crippen LogP contribution in [0.25, 0.3) is 0 Å². The molecular weight excluding hydrogens is 184 g/mol. The van der Waals surface area contributed by atoms with Crippen molar-refractivity contribution in [2.45, 2.75) is 34.1 Å². The first-order valence-corrected chi connectivity index (χ1v) is 5.19. The summed E-state index contributed by atoms with van der Waals surface area (Å²) in [6.45, 7) is 11.6. The second-order valence-corrected chi connectivity index (χ2v) is 3.24. The monoisotopic (exact) mass is 204 g/mol. The first kappa shape index (κ1) is 13.6. The number of hydrogen-bond acceptors (Lipinski definition) is 2. The fraction of sp³-hybridized carbons (Fsp3) is 0.385. The topological polar surface area (TPSA) is 24.7 Å². The van der Waals surface area contributed by atoms with Crippen LogP contribution in [-0.2, 0) is 0 Å². The third kappa shape index (κ3) is 5.78. The van der Waals surface area contributed by atoms with Gasteiger partial charge in [0.05, 0.1) is 11.4 Å². The van der Waals surface area contributed by atoms with E-state index >= 15 is 0 Å². The van der Waals surface area contributed by atoms with Crippen LogP contribution < -0.4 is 0 Å². The van der Waals surface area contributed by atoms with Gasteiger partial charge in [-0.25, -0.2) is 0 Å². The Kier molecular flexibility index (Phi) is 7.16. The van der Waals surface area contributed by atoms with Gasteiger partial charge in [-0.15, -0.1) is 0 Å². The summed E-state index contributed by atoms with van der Waals surface area (Å²) in [5, 5.41) is 0. The maximum Gasteiger partial charge on any atom is 0.0881 e. The Hall–Kier alpha value is -1.44. The molecule has 0 atom stereocenters. The molecule has 0 aromatic rings. The first-order valence-electron chi connectivity index (χ1n) is 5.19. The highest BCUT2D eigenvalue weighted by molar-refractivity contribution is 5.80. The molecule has 2 nitrogen and oxygen atoms in total. The van der Waals surface area contributed by atoms with Crippen molar-refractivity contribution in [1.29, 1.82) is 0 Å². The van der Waals surface area contributed by atoms with E-state index in [0.29, 0.717) is 0 Å². The highest BCUT2D eigenvalue weighted by Gasteiger charge is 1.99. The molecule has 0 aromatic carbocycles. The van der Waals surface area contributed by atoms with Crippen LogP contribution in [0.1, 0.15) is 34.1 Å². The Morgan fingerprint density at radius 3 is 2.33 bits per heavy atom. The molecule has 0 aliphatic carbocycles. The van der Waals surface area contributed by atoms with Crippen molar-refractivity contribution >= 4 is 11.9 Å². The fourth-order valence-electron chi connectivity index (χ4n) is 1.01. The van der Waals surface area contributed by atoms with Crippen molar-refractivity contribution < 1.29 is 0 Å². The van der Waals surface area contributed by atoms with Crippen molar-refractivity contribution in [3.8, 4) is 0 Å². The molecule has 2 heteroatoms. The number of aliphatic imine (C=N–C) groups is 2. The van der Waals surface area contributed by atoms with E-state index in [1.165, 1.54) is 0 Å². The molecule has 0 unspecified atom stereocenters. The number of rotatable bonds is 5. The quantitative estimate of drug-likeness (QED) is 0.479. The van der Waals surface area contributed by atoms with Crippen LogP contribution in [-0.4, -0.2) is 11.9 Å². The van der Waals surface area contributed by atoms with Crippen molar-refractivity contribution in [1.82, 2.24) is 0 Å². The molecule has 15 heavy (non-hydrogen) atoms. The Morgan fingerprint density at radius 1 is 1.27 bits per heavy atom. The third-order valence-corrected chi connectivity index (χ3v) is 1.57. The van der Waals surface area contributed by atoms with Gasteiger partial charge >= 0.3 is 0 Å². The zero-order valence-corrected chi connectivity index (χ0v) is 10.1. The minimum atomic E-state index is 0.859. The number of hydrogen-bond donors (Lipinski definition) is 0. The summed E-state index contributed by atoms with van der Waals surface area (Å²) in [5.74, 6) is 0. The fourth-order valence-corrected chi connectivity index (χ4v) is 1.01. The summed E-state index contributed by atoms with van der Waals surface area (Å²) in [7, 11) is 0. The summed E-state index contributed by atoms with van der Waals surface area (Å²) >= 11 is 0. The van der Waals surface area contributed by atoms with E-state index in [-0.39, 0.29) is 0 Å². The summed E-state index contributed by atoms with van der Waals surface area (Å²) in [6.07, 6.45) is 8.36. The van der Waals surface area contributed by atoms with Gasteiger partial charge in [-0.05, 0) is 33.3 Å². The lowest BCUT2D eigenvalue weighted by Crippen LogP contribution is -1.89. The molecule has 0 radical (unpaired) electrons. The van der Waals surface area contributed by atoms with Crippen LogP contribution >= 0.6 is 0 Å². The van der Waals surface area contributed by atoms with Crippen LogP contribution in [0.2, 0.25) is 0 Å². The molecule has 0 saturated heterocycles. The number of allylic oxidation sites excluding steroid dienone is 3. The summed E-state index contributed by atoms with van der Waals surface area (Å²) in [4.78, 5) is 8.76. The van der Waals surface area contributed by atoms with E-state index in [4.69, 9.17) is 0 Å². The molecule has 0 bridgehead atoms. The Balaban J connectivity index is 5.06. The summed E-state index contributed by atoms with van der Waals surface area (Å²) in [5.41, 5.74) is 2.75. The van der Waals surface area contributed by atoms with Gasteiger partial charge < -0.3 is 0 Å². The van der Waals surface area contributed by atoms with Crippen LogP contribution in [0, 0.1) is 0 Å². The van der Waals surface area contributed by atoms with Gasteiger partial charge in [0, 0.05) is 11.9 Å². The molecular formula is C13H20N2. The molecule has 0 saturated carbocycles. The van der Waals surface area contributed by atoms with Gasteiger partial charge in [-0.1, -0.05) is 25.7 Å². The molecule has 0 N–H and O–H groups in total. The molecule has 0 aromatic heterocycles. The van der Waals surface area contributed by atoms with E-state index in [9.17, 15) is 0 Å². The average molecular weight is 204 g/mol. The zero-order chi connectivity index (χ0) is 11.7. The van der Waals surface area contributed by atoms with E-state index < -0.39 is 0 Å². The SMILES string of the molecule is C=C/C=C(N=C(C)C)/C(=C/C)N=CCC. The predicted octanol–water partition coefficient (Wildman–Crippen LogP) is 3.92. The molecule has 82 valence electrons. The first-order chi connectivity index (χ1) is 7.15. The molecule has 0 aliphatic rings. The number of nitrogens with zero attached hydrogens (tertiary/aromatic N) is 2. The van der Waals surface area contributed by atoms with Crippen LogP contribution in [0.4, 0.5) is 0 Å². The maximum atomic E-state index is 4.42. The second kappa shape index (κ2) is 7.92. The van der Waals surface area contributed by atoms with Gasteiger partial charge in [-0.2, -0.15) is 0 Å². The zero-order valence-electron chi connectivity index (χ0n) is 10.1. The van der Waals surface area contributed by atoms with Gasteiger partial charge in [0.25, 0.3) is 0 Å². The smallest absolute Gasteiger partial charge is 0.0881 e. The minimum Gasteiger partial charge on any atom is -0.259 e. The lowest BCUT2D eigenvalue weighted by Gasteiger charge is -2.02. The Morgan fingerprint density at radius 2 is 1.93 bits per heavy atom. The Labute approximate surface area is 92.8 Å². The molecule has 0 heterocycles. The molecule has 0 amide bonds. The van der Waals surface area contributed by atoms with Crippen LogP contribution in [0.15, 0.2) is 46.2 Å². The normalized spacial score (nSPS) is 13.1. The van der Waals surface area contributed by atoms with Crippen molar-refractivity contribution in [3.63, 3.8) is 0 Å². The van der Waals surface area contributed by atoms with E-state index in [0.717, 1.165) is 23.5 Å². The van der Waals surface area contributed by atoms with Crippen LogP contribution in [0.5, 0.6) is 0 Å².